The van der Waals surface area contributed by atoms with Crippen molar-refractivity contribution in [1.82, 2.24) is 10.6 Å². The lowest BCUT2D eigenvalue weighted by atomic mass is 9.99. The van der Waals surface area contributed by atoms with Gasteiger partial charge in [0.2, 0.25) is 17.7 Å². The van der Waals surface area contributed by atoms with Crippen LogP contribution in [0.2, 0.25) is 0 Å². The maximum Gasteiger partial charge on any atom is 0.243 e. The Morgan fingerprint density at radius 3 is 2.10 bits per heavy atom. The van der Waals surface area contributed by atoms with Crippen LogP contribution in [0.5, 0.6) is 0 Å². The van der Waals surface area contributed by atoms with Crippen LogP contribution in [0.1, 0.15) is 34.1 Å². The molecule has 1 aliphatic rings. The third-order valence-electron chi connectivity index (χ3n) is 5.10. The molecule has 2 rings (SSSR count). The summed E-state index contributed by atoms with van der Waals surface area (Å²) in [4.78, 5) is 50.3. The second-order valence-electron chi connectivity index (χ2n) is 8.16. The zero-order valence-corrected chi connectivity index (χ0v) is 17.5. The number of carbonyl (C=O) groups excluding carboxylic acids is 4. The molecule has 0 saturated carbocycles. The van der Waals surface area contributed by atoms with E-state index >= 15 is 0 Å². The molecular weight excluding hydrogens is 393 g/mol. The van der Waals surface area contributed by atoms with Crippen molar-refractivity contribution in [3.63, 3.8) is 0 Å². The van der Waals surface area contributed by atoms with Gasteiger partial charge >= 0.3 is 0 Å². The standard InChI is InChI=1S/C21H28FN3O5/c1-11(2)17(20(28)24-18(12(3)4)21(29)30)23-19(27)13-9-16(26)25(10-13)15-7-5-14(22)6-8-15/h5-8,11-13,17-18H,9-10H2,1-4H3,(H,23,27)(H,24,28)(H,29,30)/p-1/t13-,17+,18+/m1/s1. The van der Waals surface area contributed by atoms with Crippen LogP contribution in [0.3, 0.4) is 0 Å². The van der Waals surface area contributed by atoms with Crippen LogP contribution in [-0.4, -0.2) is 42.3 Å². The lowest BCUT2D eigenvalue weighted by molar-refractivity contribution is -0.309. The minimum atomic E-state index is -1.40. The van der Waals surface area contributed by atoms with E-state index in [0.717, 1.165) is 0 Å². The largest absolute Gasteiger partial charge is 0.548 e. The first-order chi connectivity index (χ1) is 14.0. The fraction of sp³-hybridized carbons (Fsp3) is 0.524. The van der Waals surface area contributed by atoms with E-state index in [1.807, 2.05) is 0 Å². The van der Waals surface area contributed by atoms with Gasteiger partial charge in [-0.05, 0) is 36.1 Å². The molecule has 1 saturated heterocycles. The summed E-state index contributed by atoms with van der Waals surface area (Å²) in [7, 11) is 0. The molecule has 2 N–H and O–H groups in total. The van der Waals surface area contributed by atoms with Crippen molar-refractivity contribution in [3.05, 3.63) is 30.1 Å². The zero-order valence-electron chi connectivity index (χ0n) is 17.5. The molecule has 1 aromatic carbocycles. The van der Waals surface area contributed by atoms with Crippen molar-refractivity contribution >= 4 is 29.4 Å². The van der Waals surface area contributed by atoms with Crippen LogP contribution in [-0.2, 0) is 19.2 Å². The Labute approximate surface area is 174 Å². The summed E-state index contributed by atoms with van der Waals surface area (Å²) in [6, 6.07) is 3.24. The van der Waals surface area contributed by atoms with Crippen molar-refractivity contribution in [2.75, 3.05) is 11.4 Å². The van der Waals surface area contributed by atoms with Crippen molar-refractivity contribution in [1.29, 1.82) is 0 Å². The Kier molecular flexibility index (Phi) is 7.53. The Morgan fingerprint density at radius 2 is 1.60 bits per heavy atom. The van der Waals surface area contributed by atoms with Gasteiger partial charge in [0, 0.05) is 18.7 Å². The van der Waals surface area contributed by atoms with E-state index in [1.165, 1.54) is 29.2 Å². The fourth-order valence-electron chi connectivity index (χ4n) is 3.30. The second-order valence-corrected chi connectivity index (χ2v) is 8.16. The molecular formula is C21H27FN3O5-. The van der Waals surface area contributed by atoms with E-state index in [1.54, 1.807) is 27.7 Å². The van der Waals surface area contributed by atoms with Gasteiger partial charge in [-0.15, -0.1) is 0 Å². The molecule has 1 aromatic rings. The van der Waals surface area contributed by atoms with E-state index in [9.17, 15) is 28.7 Å². The van der Waals surface area contributed by atoms with Gasteiger partial charge in [0.25, 0.3) is 0 Å². The van der Waals surface area contributed by atoms with E-state index in [2.05, 4.69) is 10.6 Å². The molecule has 3 amide bonds. The van der Waals surface area contributed by atoms with E-state index < -0.39 is 41.6 Å². The van der Waals surface area contributed by atoms with Crippen LogP contribution >= 0.6 is 0 Å². The average molecular weight is 420 g/mol. The zero-order chi connectivity index (χ0) is 22.6. The third-order valence-corrected chi connectivity index (χ3v) is 5.10. The number of carboxylic acid groups (broad SMARTS) is 1. The first kappa shape index (κ1) is 23.3. The van der Waals surface area contributed by atoms with Crippen LogP contribution in [0.4, 0.5) is 10.1 Å². The SMILES string of the molecule is CC(C)[C@H](NC(=O)[C@@H](NC(=O)[C@@H]1CC(=O)N(c2ccc(F)cc2)C1)C(C)C)C(=O)[O-]. The Morgan fingerprint density at radius 1 is 1.03 bits per heavy atom. The van der Waals surface area contributed by atoms with Crippen LogP contribution in [0.25, 0.3) is 0 Å². The number of amides is 3. The number of hydrogen-bond acceptors (Lipinski definition) is 5. The van der Waals surface area contributed by atoms with Crippen molar-refractivity contribution < 1.29 is 28.7 Å². The van der Waals surface area contributed by atoms with Crippen molar-refractivity contribution in [2.24, 2.45) is 17.8 Å². The summed E-state index contributed by atoms with van der Waals surface area (Å²) in [5, 5.41) is 16.3. The highest BCUT2D eigenvalue weighted by Crippen LogP contribution is 2.25. The van der Waals surface area contributed by atoms with Crippen molar-refractivity contribution in [3.8, 4) is 0 Å². The summed E-state index contributed by atoms with van der Waals surface area (Å²) in [6.45, 7) is 6.82. The number of aliphatic carboxylic acids is 1. The number of nitrogens with one attached hydrogen (secondary N) is 2. The molecule has 0 unspecified atom stereocenters. The molecule has 1 heterocycles. The number of anilines is 1. The Bertz CT molecular complexity index is 809. The summed E-state index contributed by atoms with van der Waals surface area (Å²) in [5.41, 5.74) is 0.489. The molecule has 0 radical (unpaired) electrons. The molecule has 164 valence electrons. The molecule has 0 spiro atoms. The number of carbonyl (C=O) groups is 4. The predicted octanol–water partition coefficient (Wildman–Crippen LogP) is 0.210. The maximum absolute atomic E-state index is 13.1. The van der Waals surface area contributed by atoms with Crippen LogP contribution in [0, 0.1) is 23.6 Å². The van der Waals surface area contributed by atoms with Gasteiger partial charge in [0.05, 0.1) is 17.9 Å². The highest BCUT2D eigenvalue weighted by molar-refractivity contribution is 6.01. The van der Waals surface area contributed by atoms with Crippen LogP contribution < -0.4 is 20.6 Å². The smallest absolute Gasteiger partial charge is 0.243 e. The van der Waals surface area contributed by atoms with E-state index in [-0.39, 0.29) is 30.7 Å². The average Bonchev–Trinajstić information content (AvgIpc) is 3.05. The highest BCUT2D eigenvalue weighted by atomic mass is 19.1. The normalized spacial score (nSPS) is 18.4. The number of benzene rings is 1. The predicted molar refractivity (Wildman–Crippen MR) is 105 cm³/mol. The molecule has 1 fully saturated rings. The summed E-state index contributed by atoms with van der Waals surface area (Å²) in [5.74, 6) is -4.58. The molecule has 0 aromatic heterocycles. The van der Waals surface area contributed by atoms with Gasteiger partial charge in [-0.1, -0.05) is 27.7 Å². The second kappa shape index (κ2) is 9.69. The number of rotatable bonds is 8. The maximum atomic E-state index is 13.1. The lowest BCUT2D eigenvalue weighted by Crippen LogP contribution is -2.58. The monoisotopic (exact) mass is 420 g/mol. The van der Waals surface area contributed by atoms with E-state index in [0.29, 0.717) is 5.69 Å². The topological polar surface area (TPSA) is 119 Å². The number of halogens is 1. The first-order valence-corrected chi connectivity index (χ1v) is 9.88. The van der Waals surface area contributed by atoms with Crippen molar-refractivity contribution in [2.45, 2.75) is 46.2 Å². The first-order valence-electron chi connectivity index (χ1n) is 9.88. The minimum absolute atomic E-state index is 0.0384. The summed E-state index contributed by atoms with van der Waals surface area (Å²) < 4.78 is 13.1. The number of hydrogen-bond donors (Lipinski definition) is 2. The number of carboxylic acids is 1. The molecule has 9 heteroatoms. The van der Waals surface area contributed by atoms with Gasteiger partial charge in [-0.2, -0.15) is 0 Å². The molecule has 0 bridgehead atoms. The van der Waals surface area contributed by atoms with Gasteiger partial charge in [-0.3, -0.25) is 14.4 Å². The lowest BCUT2D eigenvalue weighted by Gasteiger charge is -2.28. The molecule has 8 nitrogen and oxygen atoms in total. The van der Waals surface area contributed by atoms with E-state index in [4.69, 9.17) is 0 Å². The Balaban J connectivity index is 2.06. The van der Waals surface area contributed by atoms with Gasteiger partial charge in [-0.25, -0.2) is 4.39 Å². The third kappa shape index (κ3) is 5.55. The number of nitrogens with zero attached hydrogens (tertiary/aromatic N) is 1. The van der Waals surface area contributed by atoms with Gasteiger partial charge in [0.1, 0.15) is 11.9 Å². The minimum Gasteiger partial charge on any atom is -0.548 e. The molecule has 1 aliphatic heterocycles. The molecule has 30 heavy (non-hydrogen) atoms. The fourth-order valence-corrected chi connectivity index (χ4v) is 3.30. The van der Waals surface area contributed by atoms with Crippen LogP contribution in [0.15, 0.2) is 24.3 Å². The molecule has 0 aliphatic carbocycles. The quantitative estimate of drug-likeness (QED) is 0.623. The Hall–Kier alpha value is -2.97. The van der Waals surface area contributed by atoms with Gasteiger partial charge in [0.15, 0.2) is 0 Å². The summed E-state index contributed by atoms with van der Waals surface area (Å²) in [6.07, 6.45) is -0.0384. The van der Waals surface area contributed by atoms with Gasteiger partial charge < -0.3 is 25.4 Å². The highest BCUT2D eigenvalue weighted by Gasteiger charge is 2.37. The summed E-state index contributed by atoms with van der Waals surface area (Å²) >= 11 is 0. The molecule has 3 atom stereocenters.